The number of esters is 1. The van der Waals surface area contributed by atoms with Crippen LogP contribution in [0.4, 0.5) is 4.79 Å². The minimum Gasteiger partial charge on any atom is -0.496 e. The van der Waals surface area contributed by atoms with Crippen molar-refractivity contribution in [2.75, 3.05) is 27.8 Å². The zero-order valence-electron chi connectivity index (χ0n) is 17.5. The zero-order valence-corrected chi connectivity index (χ0v) is 17.5. The number of carbonyl (C=O) groups is 4. The summed E-state index contributed by atoms with van der Waals surface area (Å²) < 4.78 is 9.90. The lowest BCUT2D eigenvalue weighted by molar-refractivity contribution is -0.137. The quantitative estimate of drug-likeness (QED) is 0.558. The fourth-order valence-electron chi connectivity index (χ4n) is 4.21. The summed E-state index contributed by atoms with van der Waals surface area (Å²) in [7, 11) is 4.36. The third-order valence-electron chi connectivity index (χ3n) is 5.94. The van der Waals surface area contributed by atoms with E-state index in [0.717, 1.165) is 24.2 Å². The summed E-state index contributed by atoms with van der Waals surface area (Å²) in [5, 5.41) is 2.70. The first-order valence-electron chi connectivity index (χ1n) is 9.95. The summed E-state index contributed by atoms with van der Waals surface area (Å²) in [4.78, 5) is 52.4. The van der Waals surface area contributed by atoms with Gasteiger partial charge in [-0.2, -0.15) is 0 Å². The minimum atomic E-state index is -0.805. The van der Waals surface area contributed by atoms with Crippen LogP contribution in [0.15, 0.2) is 18.2 Å². The molecular formula is C21H27N3O6. The standard InChI is InChI=1S/C21H27N3O6/c1-23-20(28)24(19(27)21(23)9-5-4-6-10-21)13-17(25)22-12-14-7-8-16(29-2)15(11-14)18(26)30-3/h7-8,11H,4-6,9-10,12-13H2,1-3H3,(H,22,25). The Morgan fingerprint density at radius 1 is 1.13 bits per heavy atom. The van der Waals surface area contributed by atoms with Crippen molar-refractivity contribution in [3.63, 3.8) is 0 Å². The van der Waals surface area contributed by atoms with Gasteiger partial charge in [-0.25, -0.2) is 9.59 Å². The van der Waals surface area contributed by atoms with Gasteiger partial charge in [0.2, 0.25) is 5.91 Å². The summed E-state index contributed by atoms with van der Waals surface area (Å²) in [5.74, 6) is -0.921. The summed E-state index contributed by atoms with van der Waals surface area (Å²) in [6, 6.07) is 4.46. The largest absolute Gasteiger partial charge is 0.496 e. The van der Waals surface area contributed by atoms with Crippen LogP contribution in [0.25, 0.3) is 0 Å². The highest BCUT2D eigenvalue weighted by molar-refractivity contribution is 6.09. The Hall–Kier alpha value is -3.10. The van der Waals surface area contributed by atoms with E-state index in [1.54, 1.807) is 25.2 Å². The number of amides is 4. The van der Waals surface area contributed by atoms with Crippen LogP contribution in [0.2, 0.25) is 0 Å². The number of carbonyl (C=O) groups excluding carboxylic acids is 4. The summed E-state index contributed by atoms with van der Waals surface area (Å²) in [6.45, 7) is -0.201. The molecule has 1 aromatic rings. The van der Waals surface area contributed by atoms with Crippen LogP contribution in [-0.2, 0) is 20.9 Å². The Morgan fingerprint density at radius 2 is 1.83 bits per heavy atom. The van der Waals surface area contributed by atoms with Crippen LogP contribution in [0.3, 0.4) is 0 Å². The molecule has 2 aliphatic rings. The highest BCUT2D eigenvalue weighted by Gasteiger charge is 2.55. The molecule has 30 heavy (non-hydrogen) atoms. The predicted octanol–water partition coefficient (Wildman–Crippen LogP) is 1.69. The number of imide groups is 1. The van der Waals surface area contributed by atoms with Crippen molar-refractivity contribution in [1.82, 2.24) is 15.1 Å². The molecule has 1 spiro atoms. The lowest BCUT2D eigenvalue weighted by Crippen LogP contribution is -2.49. The molecule has 0 radical (unpaired) electrons. The average molecular weight is 417 g/mol. The molecule has 9 nitrogen and oxygen atoms in total. The van der Waals surface area contributed by atoms with Gasteiger partial charge >= 0.3 is 12.0 Å². The Balaban J connectivity index is 1.64. The molecule has 1 saturated heterocycles. The van der Waals surface area contributed by atoms with Gasteiger partial charge in [-0.15, -0.1) is 0 Å². The van der Waals surface area contributed by atoms with Crippen molar-refractivity contribution >= 4 is 23.8 Å². The van der Waals surface area contributed by atoms with Gasteiger partial charge in [-0.1, -0.05) is 25.3 Å². The first-order valence-corrected chi connectivity index (χ1v) is 9.95. The van der Waals surface area contributed by atoms with Crippen LogP contribution in [0, 0.1) is 0 Å². The first-order chi connectivity index (χ1) is 14.3. The van der Waals surface area contributed by atoms with Gasteiger partial charge in [0.15, 0.2) is 0 Å². The maximum Gasteiger partial charge on any atom is 0.341 e. The molecule has 9 heteroatoms. The third-order valence-corrected chi connectivity index (χ3v) is 5.94. The van der Waals surface area contributed by atoms with Crippen molar-refractivity contribution in [2.24, 2.45) is 0 Å². The number of methoxy groups -OCH3 is 2. The van der Waals surface area contributed by atoms with E-state index in [0.29, 0.717) is 24.2 Å². The van der Waals surface area contributed by atoms with Crippen LogP contribution in [0.1, 0.15) is 48.0 Å². The van der Waals surface area contributed by atoms with Gasteiger partial charge in [0.25, 0.3) is 5.91 Å². The number of urea groups is 1. The van der Waals surface area contributed by atoms with Gasteiger partial charge in [0.05, 0.1) is 14.2 Å². The Bertz CT molecular complexity index is 862. The molecule has 1 aromatic carbocycles. The molecule has 1 heterocycles. The van der Waals surface area contributed by atoms with Crippen molar-refractivity contribution in [3.05, 3.63) is 29.3 Å². The molecule has 1 aliphatic carbocycles. The molecule has 4 amide bonds. The molecule has 1 aliphatic heterocycles. The maximum atomic E-state index is 13.0. The van der Waals surface area contributed by atoms with Crippen LogP contribution < -0.4 is 10.1 Å². The van der Waals surface area contributed by atoms with Gasteiger partial charge < -0.3 is 19.7 Å². The smallest absolute Gasteiger partial charge is 0.341 e. The van der Waals surface area contributed by atoms with E-state index >= 15 is 0 Å². The highest BCUT2D eigenvalue weighted by atomic mass is 16.5. The molecule has 0 atom stereocenters. The van der Waals surface area contributed by atoms with E-state index in [1.165, 1.54) is 19.1 Å². The van der Waals surface area contributed by atoms with E-state index in [2.05, 4.69) is 5.32 Å². The number of rotatable bonds is 6. The van der Waals surface area contributed by atoms with E-state index in [1.807, 2.05) is 0 Å². The molecule has 0 aromatic heterocycles. The lowest BCUT2D eigenvalue weighted by atomic mass is 9.81. The normalized spacial score (nSPS) is 18.0. The zero-order chi connectivity index (χ0) is 21.9. The van der Waals surface area contributed by atoms with Crippen LogP contribution in [-0.4, -0.2) is 67.0 Å². The lowest BCUT2D eigenvalue weighted by Gasteiger charge is -2.35. The number of nitrogens with zero attached hydrogens (tertiary/aromatic N) is 2. The first kappa shape index (κ1) is 21.6. The fourth-order valence-corrected chi connectivity index (χ4v) is 4.21. The number of nitrogens with one attached hydrogen (secondary N) is 1. The minimum absolute atomic E-state index is 0.129. The van der Waals surface area contributed by atoms with Crippen molar-refractivity contribution in [1.29, 1.82) is 0 Å². The summed E-state index contributed by atoms with van der Waals surface area (Å²) in [6.07, 6.45) is 4.10. The summed E-state index contributed by atoms with van der Waals surface area (Å²) in [5.41, 5.74) is 0.100. The number of ether oxygens (including phenoxy) is 2. The average Bonchev–Trinajstić information content (AvgIpc) is 2.93. The topological polar surface area (TPSA) is 105 Å². The van der Waals surface area contributed by atoms with E-state index < -0.39 is 23.4 Å². The Labute approximate surface area is 175 Å². The van der Waals surface area contributed by atoms with Crippen LogP contribution >= 0.6 is 0 Å². The molecule has 2 fully saturated rings. The monoisotopic (exact) mass is 417 g/mol. The van der Waals surface area contributed by atoms with E-state index in [-0.39, 0.29) is 24.6 Å². The number of hydrogen-bond donors (Lipinski definition) is 1. The molecule has 1 N–H and O–H groups in total. The SMILES string of the molecule is COC(=O)c1cc(CNC(=O)CN2C(=O)N(C)C3(CCCCC3)C2=O)ccc1OC. The third kappa shape index (κ3) is 3.83. The van der Waals surface area contributed by atoms with Gasteiger partial charge in [-0.3, -0.25) is 14.5 Å². The van der Waals surface area contributed by atoms with Gasteiger partial charge in [0.1, 0.15) is 23.4 Å². The predicted molar refractivity (Wildman–Crippen MR) is 107 cm³/mol. The second kappa shape index (κ2) is 8.73. The van der Waals surface area contributed by atoms with Crippen molar-refractivity contribution < 1.29 is 28.7 Å². The number of hydrogen-bond acceptors (Lipinski definition) is 6. The van der Waals surface area contributed by atoms with Crippen molar-refractivity contribution in [2.45, 2.75) is 44.2 Å². The number of benzene rings is 1. The van der Waals surface area contributed by atoms with E-state index in [4.69, 9.17) is 9.47 Å². The van der Waals surface area contributed by atoms with Gasteiger partial charge in [-0.05, 0) is 30.5 Å². The molecule has 1 saturated carbocycles. The van der Waals surface area contributed by atoms with Crippen molar-refractivity contribution in [3.8, 4) is 5.75 Å². The second-order valence-corrected chi connectivity index (χ2v) is 7.63. The number of likely N-dealkylation sites (N-methyl/N-ethyl adjacent to an activating group) is 1. The van der Waals surface area contributed by atoms with Crippen LogP contribution in [0.5, 0.6) is 5.75 Å². The summed E-state index contributed by atoms with van der Waals surface area (Å²) >= 11 is 0. The molecule has 0 bridgehead atoms. The fraction of sp³-hybridized carbons (Fsp3) is 0.524. The molecule has 0 unspecified atom stereocenters. The second-order valence-electron chi connectivity index (χ2n) is 7.63. The molecular weight excluding hydrogens is 390 g/mol. The molecule has 3 rings (SSSR count). The maximum absolute atomic E-state index is 13.0. The Kier molecular flexibility index (Phi) is 6.28. The Morgan fingerprint density at radius 3 is 2.47 bits per heavy atom. The molecule has 162 valence electrons. The highest BCUT2D eigenvalue weighted by Crippen LogP contribution is 2.39. The van der Waals surface area contributed by atoms with E-state index in [9.17, 15) is 19.2 Å². The van der Waals surface area contributed by atoms with Gasteiger partial charge in [0, 0.05) is 13.6 Å².